The molecule has 5 N–H and O–H groups in total. The molecule has 0 aliphatic heterocycles. The molecule has 1 aromatic rings. The maximum absolute atomic E-state index is 11.5. The fourth-order valence-electron chi connectivity index (χ4n) is 2.42. The van der Waals surface area contributed by atoms with Crippen molar-refractivity contribution in [1.29, 1.82) is 5.41 Å². The minimum absolute atomic E-state index is 0.186. The Kier molecular flexibility index (Phi) is 7.29. The Morgan fingerprint density at radius 3 is 2.57 bits per heavy atom. The second-order valence-corrected chi connectivity index (χ2v) is 5.22. The molecule has 5 nitrogen and oxygen atoms in total. The Bertz CT molecular complexity index is 474. The van der Waals surface area contributed by atoms with Crippen molar-refractivity contribution in [2.75, 3.05) is 5.32 Å². The number of rotatable bonds is 9. The zero-order chi connectivity index (χ0) is 15.7. The van der Waals surface area contributed by atoms with E-state index in [1.54, 1.807) is 18.2 Å². The van der Waals surface area contributed by atoms with Gasteiger partial charge in [-0.2, -0.15) is 0 Å². The summed E-state index contributed by atoms with van der Waals surface area (Å²) in [5.74, 6) is -1.58. The van der Waals surface area contributed by atoms with E-state index in [1.165, 1.54) is 12.8 Å². The molecule has 0 bridgehead atoms. The van der Waals surface area contributed by atoms with Crippen molar-refractivity contribution in [3.63, 3.8) is 0 Å². The van der Waals surface area contributed by atoms with Crippen LogP contribution in [0.2, 0.25) is 0 Å². The maximum atomic E-state index is 11.5. The monoisotopic (exact) mass is 291 g/mol. The van der Waals surface area contributed by atoms with Crippen LogP contribution in [-0.4, -0.2) is 17.0 Å². The highest BCUT2D eigenvalue weighted by Crippen LogP contribution is 2.29. The Morgan fingerprint density at radius 2 is 1.95 bits per heavy atom. The molecule has 0 aliphatic rings. The van der Waals surface area contributed by atoms with Crippen LogP contribution in [0, 0.1) is 5.41 Å². The number of unbranched alkanes of at least 4 members (excludes halogenated alkanes) is 4. The number of anilines is 1. The lowest BCUT2D eigenvalue weighted by atomic mass is 9.91. The molecule has 21 heavy (non-hydrogen) atoms. The molecule has 5 heteroatoms. The van der Waals surface area contributed by atoms with E-state index >= 15 is 0 Å². The second kappa shape index (κ2) is 9.00. The lowest BCUT2D eigenvalue weighted by molar-refractivity contribution is -0.139. The van der Waals surface area contributed by atoms with Crippen LogP contribution in [0.15, 0.2) is 24.3 Å². The minimum Gasteiger partial charge on any atom is -0.481 e. The molecule has 0 fully saturated rings. The van der Waals surface area contributed by atoms with E-state index in [4.69, 9.17) is 11.1 Å². The number of carboxylic acid groups (broad SMARTS) is 1. The first-order chi connectivity index (χ1) is 10.1. The van der Waals surface area contributed by atoms with Gasteiger partial charge in [0, 0.05) is 5.69 Å². The number of carbonyl (C=O) groups is 1. The van der Waals surface area contributed by atoms with Crippen LogP contribution in [0.1, 0.15) is 56.9 Å². The van der Waals surface area contributed by atoms with E-state index in [-0.39, 0.29) is 5.96 Å². The summed E-state index contributed by atoms with van der Waals surface area (Å²) in [5.41, 5.74) is 6.64. The number of nitrogens with one attached hydrogen (secondary N) is 2. The Balaban J connectivity index is 2.76. The van der Waals surface area contributed by atoms with Crippen LogP contribution in [0.4, 0.5) is 5.69 Å². The smallest absolute Gasteiger partial charge is 0.311 e. The molecule has 0 saturated heterocycles. The highest BCUT2D eigenvalue weighted by Gasteiger charge is 2.22. The Morgan fingerprint density at radius 1 is 1.29 bits per heavy atom. The Hall–Kier alpha value is -2.04. The van der Waals surface area contributed by atoms with E-state index in [1.807, 2.05) is 6.07 Å². The van der Waals surface area contributed by atoms with Crippen molar-refractivity contribution in [2.45, 2.75) is 51.4 Å². The molecular formula is C16H25N3O2. The number of benzene rings is 1. The van der Waals surface area contributed by atoms with Crippen molar-refractivity contribution in [3.8, 4) is 0 Å². The SMILES string of the molecule is CCCCCCCC(C(=O)O)c1ccccc1NC(=N)N. The van der Waals surface area contributed by atoms with Gasteiger partial charge in [0.15, 0.2) is 5.96 Å². The van der Waals surface area contributed by atoms with Gasteiger partial charge in [-0.3, -0.25) is 10.2 Å². The summed E-state index contributed by atoms with van der Waals surface area (Å²) in [7, 11) is 0. The number of guanidine groups is 1. The van der Waals surface area contributed by atoms with Crippen LogP contribution in [-0.2, 0) is 4.79 Å². The van der Waals surface area contributed by atoms with Gasteiger partial charge in [-0.15, -0.1) is 0 Å². The normalized spacial score (nSPS) is 11.9. The van der Waals surface area contributed by atoms with Crippen molar-refractivity contribution >= 4 is 17.6 Å². The van der Waals surface area contributed by atoms with E-state index in [0.717, 1.165) is 19.3 Å². The fourth-order valence-corrected chi connectivity index (χ4v) is 2.42. The molecule has 0 amide bonds. The predicted molar refractivity (Wildman–Crippen MR) is 85.7 cm³/mol. The van der Waals surface area contributed by atoms with E-state index in [9.17, 15) is 9.90 Å². The van der Waals surface area contributed by atoms with Gasteiger partial charge in [-0.1, -0.05) is 57.2 Å². The van der Waals surface area contributed by atoms with Gasteiger partial charge in [0.2, 0.25) is 0 Å². The van der Waals surface area contributed by atoms with E-state index < -0.39 is 11.9 Å². The Labute approximate surface area is 126 Å². The molecule has 0 heterocycles. The van der Waals surface area contributed by atoms with Gasteiger partial charge in [-0.25, -0.2) is 0 Å². The third-order valence-electron chi connectivity index (χ3n) is 3.50. The summed E-state index contributed by atoms with van der Waals surface area (Å²) in [4.78, 5) is 11.5. The summed E-state index contributed by atoms with van der Waals surface area (Å²) < 4.78 is 0. The van der Waals surface area contributed by atoms with Gasteiger partial charge in [-0.05, 0) is 18.1 Å². The third kappa shape index (κ3) is 5.85. The first-order valence-corrected chi connectivity index (χ1v) is 7.49. The zero-order valence-corrected chi connectivity index (χ0v) is 12.6. The fraction of sp³-hybridized carbons (Fsp3) is 0.500. The number of para-hydroxylation sites is 1. The molecule has 0 aliphatic carbocycles. The van der Waals surface area contributed by atoms with Crippen LogP contribution >= 0.6 is 0 Å². The number of aliphatic carboxylic acids is 1. The van der Waals surface area contributed by atoms with Crippen LogP contribution < -0.4 is 11.1 Å². The summed E-state index contributed by atoms with van der Waals surface area (Å²) in [6.07, 6.45) is 6.07. The largest absolute Gasteiger partial charge is 0.481 e. The van der Waals surface area contributed by atoms with Crippen LogP contribution in [0.25, 0.3) is 0 Å². The highest BCUT2D eigenvalue weighted by atomic mass is 16.4. The summed E-state index contributed by atoms with van der Waals surface area (Å²) in [6.45, 7) is 2.16. The van der Waals surface area contributed by atoms with E-state index in [2.05, 4.69) is 12.2 Å². The molecule has 1 rings (SSSR count). The summed E-state index contributed by atoms with van der Waals surface area (Å²) in [6, 6.07) is 7.16. The predicted octanol–water partition coefficient (Wildman–Crippen LogP) is 3.52. The highest BCUT2D eigenvalue weighted by molar-refractivity contribution is 5.92. The number of nitrogens with two attached hydrogens (primary N) is 1. The van der Waals surface area contributed by atoms with Gasteiger partial charge in [0.05, 0.1) is 5.92 Å². The van der Waals surface area contributed by atoms with Crippen molar-refractivity contribution < 1.29 is 9.90 Å². The quantitative estimate of drug-likeness (QED) is 0.318. The topological polar surface area (TPSA) is 99.2 Å². The van der Waals surface area contributed by atoms with Crippen LogP contribution in [0.3, 0.4) is 0 Å². The minimum atomic E-state index is -0.830. The lowest BCUT2D eigenvalue weighted by Gasteiger charge is -2.17. The van der Waals surface area contributed by atoms with Crippen molar-refractivity contribution in [3.05, 3.63) is 29.8 Å². The number of carboxylic acids is 1. The average Bonchev–Trinajstić information content (AvgIpc) is 2.43. The molecule has 0 aromatic heterocycles. The standard InChI is InChI=1S/C16H25N3O2/c1-2-3-4-5-6-10-13(15(20)21)12-9-7-8-11-14(12)19-16(17)18/h7-9,11,13H,2-6,10H2,1H3,(H,20,21)(H4,17,18,19). The molecular weight excluding hydrogens is 266 g/mol. The molecule has 1 atom stereocenters. The molecule has 0 spiro atoms. The molecule has 0 saturated carbocycles. The van der Waals surface area contributed by atoms with Crippen molar-refractivity contribution in [1.82, 2.24) is 0 Å². The third-order valence-corrected chi connectivity index (χ3v) is 3.50. The maximum Gasteiger partial charge on any atom is 0.311 e. The van der Waals surface area contributed by atoms with Gasteiger partial charge < -0.3 is 16.2 Å². The van der Waals surface area contributed by atoms with Gasteiger partial charge in [0.25, 0.3) is 0 Å². The number of hydrogen-bond acceptors (Lipinski definition) is 2. The summed E-state index contributed by atoms with van der Waals surface area (Å²) >= 11 is 0. The number of hydrogen-bond donors (Lipinski definition) is 4. The molecule has 0 radical (unpaired) electrons. The van der Waals surface area contributed by atoms with Gasteiger partial charge in [0.1, 0.15) is 0 Å². The summed E-state index contributed by atoms with van der Waals surface area (Å²) in [5, 5.41) is 19.5. The van der Waals surface area contributed by atoms with Crippen molar-refractivity contribution in [2.24, 2.45) is 5.73 Å². The zero-order valence-electron chi connectivity index (χ0n) is 12.6. The lowest BCUT2D eigenvalue weighted by Crippen LogP contribution is -2.23. The molecule has 1 unspecified atom stereocenters. The molecule has 116 valence electrons. The first-order valence-electron chi connectivity index (χ1n) is 7.49. The average molecular weight is 291 g/mol. The molecule has 1 aromatic carbocycles. The van der Waals surface area contributed by atoms with Crippen LogP contribution in [0.5, 0.6) is 0 Å². The van der Waals surface area contributed by atoms with E-state index in [0.29, 0.717) is 17.7 Å². The first kappa shape index (κ1) is 17.0. The second-order valence-electron chi connectivity index (χ2n) is 5.22. The van der Waals surface area contributed by atoms with Gasteiger partial charge >= 0.3 is 5.97 Å².